The van der Waals surface area contributed by atoms with Gasteiger partial charge in [0.2, 0.25) is 5.22 Å². The molecule has 0 spiro atoms. The van der Waals surface area contributed by atoms with Crippen LogP contribution >= 0.6 is 11.6 Å². The van der Waals surface area contributed by atoms with Crippen molar-refractivity contribution < 1.29 is 13.9 Å². The third kappa shape index (κ3) is 3.57. The van der Waals surface area contributed by atoms with Gasteiger partial charge in [0.15, 0.2) is 0 Å². The van der Waals surface area contributed by atoms with E-state index >= 15 is 0 Å². The van der Waals surface area contributed by atoms with Crippen molar-refractivity contribution >= 4 is 17.5 Å². The molecule has 1 unspecified atom stereocenters. The largest absolute Gasteiger partial charge is 0.452 e. The highest BCUT2D eigenvalue weighted by molar-refractivity contribution is 6.32. The molecule has 0 saturated carbocycles. The van der Waals surface area contributed by atoms with E-state index in [-0.39, 0.29) is 17.2 Å². The van der Waals surface area contributed by atoms with Crippen LogP contribution < -0.4 is 5.32 Å². The molecule has 0 saturated heterocycles. The van der Waals surface area contributed by atoms with E-state index in [0.717, 1.165) is 0 Å². The molecule has 1 N–H and O–H groups in total. The fraction of sp³-hybridized carbons (Fsp3) is 0.500. The molecular weight excluding hydrogens is 218 g/mol. The Morgan fingerprint density at radius 1 is 1.73 bits per heavy atom. The summed E-state index contributed by atoms with van der Waals surface area (Å²) in [7, 11) is 0. The number of carbonyl (C=O) groups is 1. The van der Waals surface area contributed by atoms with E-state index in [1.54, 1.807) is 0 Å². The first-order valence-electron chi connectivity index (χ1n) is 4.76. The summed E-state index contributed by atoms with van der Waals surface area (Å²) in [4.78, 5) is 11.6. The average molecular weight is 232 g/mol. The molecule has 1 aromatic heterocycles. The van der Waals surface area contributed by atoms with Crippen molar-refractivity contribution in [2.75, 3.05) is 13.2 Å². The molecular formula is C10H14ClNO3. The van der Waals surface area contributed by atoms with Gasteiger partial charge in [-0.25, -0.2) is 0 Å². The summed E-state index contributed by atoms with van der Waals surface area (Å²) >= 11 is 5.66. The molecule has 0 aliphatic heterocycles. The van der Waals surface area contributed by atoms with Crippen molar-refractivity contribution in [3.8, 4) is 0 Å². The highest BCUT2D eigenvalue weighted by atomic mass is 35.5. The second kappa shape index (κ2) is 5.78. The third-order valence-corrected chi connectivity index (χ3v) is 2.10. The van der Waals surface area contributed by atoms with Gasteiger partial charge in [0.25, 0.3) is 5.91 Å². The molecule has 0 aliphatic rings. The van der Waals surface area contributed by atoms with E-state index in [4.69, 9.17) is 20.8 Å². The Balaban J connectivity index is 2.46. The Kier molecular flexibility index (Phi) is 4.65. The van der Waals surface area contributed by atoms with Crippen LogP contribution in [-0.4, -0.2) is 25.2 Å². The summed E-state index contributed by atoms with van der Waals surface area (Å²) in [5.41, 5.74) is 0.347. The van der Waals surface area contributed by atoms with E-state index in [9.17, 15) is 4.79 Å². The summed E-state index contributed by atoms with van der Waals surface area (Å²) in [6.07, 6.45) is 1.38. The Hall–Kier alpha value is -1.00. The van der Waals surface area contributed by atoms with E-state index in [1.807, 2.05) is 13.8 Å². The Labute approximate surface area is 93.5 Å². The molecule has 0 aromatic carbocycles. The number of furan rings is 1. The zero-order valence-corrected chi connectivity index (χ0v) is 9.50. The minimum absolute atomic E-state index is 0.0524. The Morgan fingerprint density at radius 2 is 2.47 bits per heavy atom. The molecule has 15 heavy (non-hydrogen) atoms. The van der Waals surface area contributed by atoms with E-state index in [1.165, 1.54) is 12.3 Å². The molecule has 0 bridgehead atoms. The molecule has 84 valence electrons. The second-order valence-electron chi connectivity index (χ2n) is 3.14. The average Bonchev–Trinajstić information content (AvgIpc) is 2.61. The Bertz CT molecular complexity index is 324. The van der Waals surface area contributed by atoms with Gasteiger partial charge >= 0.3 is 0 Å². The standard InChI is InChI=1S/C10H14ClNO3/c1-3-14-6-7(2)12-10(13)8-4-5-15-9(8)11/h4-5,7H,3,6H2,1-2H3,(H,12,13). The van der Waals surface area contributed by atoms with Gasteiger partial charge in [0.05, 0.1) is 18.4 Å². The van der Waals surface area contributed by atoms with E-state index in [2.05, 4.69) is 5.32 Å². The lowest BCUT2D eigenvalue weighted by atomic mass is 10.3. The van der Waals surface area contributed by atoms with Gasteiger partial charge in [-0.05, 0) is 31.5 Å². The number of carbonyl (C=O) groups excluding carboxylic acids is 1. The van der Waals surface area contributed by atoms with Crippen molar-refractivity contribution in [3.05, 3.63) is 23.1 Å². The minimum Gasteiger partial charge on any atom is -0.452 e. The minimum atomic E-state index is -0.249. The van der Waals surface area contributed by atoms with Crippen LogP contribution in [-0.2, 0) is 4.74 Å². The normalized spacial score (nSPS) is 12.5. The molecule has 1 aromatic rings. The number of amides is 1. The number of rotatable bonds is 5. The predicted molar refractivity (Wildman–Crippen MR) is 57.1 cm³/mol. The van der Waals surface area contributed by atoms with Gasteiger partial charge in [-0.1, -0.05) is 0 Å². The SMILES string of the molecule is CCOCC(C)NC(=O)c1ccoc1Cl. The third-order valence-electron chi connectivity index (χ3n) is 1.81. The van der Waals surface area contributed by atoms with Crippen molar-refractivity contribution in [1.29, 1.82) is 0 Å². The van der Waals surface area contributed by atoms with Gasteiger partial charge < -0.3 is 14.5 Å². The number of halogens is 1. The van der Waals surface area contributed by atoms with Crippen LogP contribution in [0.5, 0.6) is 0 Å². The summed E-state index contributed by atoms with van der Waals surface area (Å²) < 4.78 is 9.99. The van der Waals surface area contributed by atoms with Crippen molar-refractivity contribution in [1.82, 2.24) is 5.32 Å². The molecule has 1 atom stereocenters. The van der Waals surface area contributed by atoms with Crippen LogP contribution in [0.3, 0.4) is 0 Å². The first-order chi connectivity index (χ1) is 7.15. The molecule has 1 heterocycles. The lowest BCUT2D eigenvalue weighted by Crippen LogP contribution is -2.35. The fourth-order valence-corrected chi connectivity index (χ4v) is 1.29. The zero-order valence-electron chi connectivity index (χ0n) is 8.75. The summed E-state index contributed by atoms with van der Waals surface area (Å²) in [5, 5.41) is 2.86. The lowest BCUT2D eigenvalue weighted by molar-refractivity contribution is 0.0871. The van der Waals surface area contributed by atoms with Crippen LogP contribution in [0.25, 0.3) is 0 Å². The van der Waals surface area contributed by atoms with Crippen LogP contribution in [0.2, 0.25) is 5.22 Å². The molecule has 0 radical (unpaired) electrons. The van der Waals surface area contributed by atoms with Gasteiger partial charge in [-0.2, -0.15) is 0 Å². The molecule has 0 fully saturated rings. The molecule has 1 amide bonds. The smallest absolute Gasteiger partial charge is 0.256 e. The molecule has 5 heteroatoms. The topological polar surface area (TPSA) is 51.5 Å². The fourth-order valence-electron chi connectivity index (χ4n) is 1.09. The first-order valence-corrected chi connectivity index (χ1v) is 5.14. The summed E-state index contributed by atoms with van der Waals surface area (Å²) in [5.74, 6) is -0.249. The van der Waals surface area contributed by atoms with Gasteiger partial charge in [-0.15, -0.1) is 0 Å². The van der Waals surface area contributed by atoms with Crippen molar-refractivity contribution in [3.63, 3.8) is 0 Å². The Morgan fingerprint density at radius 3 is 3.00 bits per heavy atom. The molecule has 4 nitrogen and oxygen atoms in total. The zero-order chi connectivity index (χ0) is 11.3. The maximum absolute atomic E-state index is 11.6. The highest BCUT2D eigenvalue weighted by Crippen LogP contribution is 2.16. The van der Waals surface area contributed by atoms with Crippen molar-refractivity contribution in [2.45, 2.75) is 19.9 Å². The summed E-state index contributed by atoms with van der Waals surface area (Å²) in [6, 6.07) is 1.48. The van der Waals surface area contributed by atoms with Gasteiger partial charge in [0.1, 0.15) is 0 Å². The summed E-state index contributed by atoms with van der Waals surface area (Å²) in [6.45, 7) is 4.88. The van der Waals surface area contributed by atoms with Crippen LogP contribution in [0.4, 0.5) is 0 Å². The molecule has 1 rings (SSSR count). The van der Waals surface area contributed by atoms with Crippen LogP contribution in [0, 0.1) is 0 Å². The highest BCUT2D eigenvalue weighted by Gasteiger charge is 2.14. The monoisotopic (exact) mass is 231 g/mol. The van der Waals surface area contributed by atoms with E-state index in [0.29, 0.717) is 18.8 Å². The number of hydrogen-bond acceptors (Lipinski definition) is 3. The van der Waals surface area contributed by atoms with Crippen LogP contribution in [0.1, 0.15) is 24.2 Å². The van der Waals surface area contributed by atoms with Crippen LogP contribution in [0.15, 0.2) is 16.7 Å². The van der Waals surface area contributed by atoms with E-state index < -0.39 is 0 Å². The second-order valence-corrected chi connectivity index (χ2v) is 3.49. The lowest BCUT2D eigenvalue weighted by Gasteiger charge is -2.12. The van der Waals surface area contributed by atoms with Crippen molar-refractivity contribution in [2.24, 2.45) is 0 Å². The first kappa shape index (κ1) is 12.1. The molecule has 0 aliphatic carbocycles. The maximum Gasteiger partial charge on any atom is 0.256 e. The van der Waals surface area contributed by atoms with Gasteiger partial charge in [0, 0.05) is 12.6 Å². The predicted octanol–water partition coefficient (Wildman–Crippen LogP) is 2.09. The maximum atomic E-state index is 11.6. The van der Waals surface area contributed by atoms with Gasteiger partial charge in [-0.3, -0.25) is 4.79 Å². The quantitative estimate of drug-likeness (QED) is 0.844. The number of ether oxygens (including phenoxy) is 1. The number of hydrogen-bond donors (Lipinski definition) is 1. The number of nitrogens with one attached hydrogen (secondary N) is 1.